The highest BCUT2D eigenvalue weighted by atomic mass is 35.6. The van der Waals surface area contributed by atoms with Gasteiger partial charge in [-0.1, -0.05) is 0 Å². The Morgan fingerprint density at radius 1 is 0.667 bits per heavy atom. The molecule has 1 aliphatic heterocycles. The van der Waals surface area contributed by atoms with Gasteiger partial charge in [0.1, 0.15) is 0 Å². The fourth-order valence-electron chi connectivity index (χ4n) is 1.17. The van der Waals surface area contributed by atoms with Crippen molar-refractivity contribution in [2.75, 3.05) is 21.1 Å². The van der Waals surface area contributed by atoms with Gasteiger partial charge in [-0.2, -0.15) is 0 Å². The quantitative estimate of drug-likeness (QED) is 0.444. The molecule has 0 N–H and O–H groups in total. The summed E-state index contributed by atoms with van der Waals surface area (Å²) in [4.78, 5) is 0. The Morgan fingerprint density at radius 3 is 1.00 bits per heavy atom. The van der Waals surface area contributed by atoms with Crippen LogP contribution in [0.15, 0.2) is 0 Å². The first kappa shape index (κ1) is 11.5. The lowest BCUT2D eigenvalue weighted by Gasteiger charge is -2.45. The average molecular weight is 281 g/mol. The molecule has 1 fully saturated rings. The SMILES string of the molecule is CN1[SiH](Cl)N(C)[SiH](Cl)N(C)[SiH]1Cl. The maximum atomic E-state index is 6.24. The maximum Gasteiger partial charge on any atom is 0.281 e. The highest BCUT2D eigenvalue weighted by Gasteiger charge is 2.42. The van der Waals surface area contributed by atoms with Crippen LogP contribution in [-0.2, 0) is 0 Å². The van der Waals surface area contributed by atoms with Crippen LogP contribution in [0.1, 0.15) is 0 Å². The third-order valence-corrected chi connectivity index (χ3v) is 20.1. The summed E-state index contributed by atoms with van der Waals surface area (Å²) in [5.74, 6) is 0. The van der Waals surface area contributed by atoms with Gasteiger partial charge in [0.05, 0.1) is 0 Å². The molecule has 0 spiro atoms. The molecule has 0 aromatic carbocycles. The van der Waals surface area contributed by atoms with E-state index < -0.39 is 25.3 Å². The Hall–Kier alpha value is 1.40. The van der Waals surface area contributed by atoms with Crippen molar-refractivity contribution in [3.05, 3.63) is 0 Å². The molecule has 0 aromatic heterocycles. The van der Waals surface area contributed by atoms with Gasteiger partial charge < -0.3 is 12.7 Å². The average Bonchev–Trinajstić information content (AvgIpc) is 2.08. The summed E-state index contributed by atoms with van der Waals surface area (Å²) in [5.41, 5.74) is 0. The second-order valence-electron chi connectivity index (χ2n) is 2.93. The highest BCUT2D eigenvalue weighted by Crippen LogP contribution is 2.20. The molecule has 0 amide bonds. The first-order valence-electron chi connectivity index (χ1n) is 3.55. The van der Waals surface area contributed by atoms with Gasteiger partial charge in [0.15, 0.2) is 0 Å². The van der Waals surface area contributed by atoms with Gasteiger partial charge in [-0.25, -0.2) is 0 Å². The molecule has 0 unspecified atom stereocenters. The van der Waals surface area contributed by atoms with E-state index in [9.17, 15) is 0 Å². The van der Waals surface area contributed by atoms with Crippen LogP contribution in [-0.4, -0.2) is 59.1 Å². The summed E-state index contributed by atoms with van der Waals surface area (Å²) in [6.45, 7) is 0. The smallest absolute Gasteiger partial charge is 0.281 e. The van der Waals surface area contributed by atoms with E-state index in [-0.39, 0.29) is 0 Å². The Morgan fingerprint density at radius 2 is 0.833 bits per heavy atom. The van der Waals surface area contributed by atoms with E-state index in [4.69, 9.17) is 33.2 Å². The van der Waals surface area contributed by atoms with Crippen LogP contribution in [0, 0.1) is 0 Å². The Balaban J connectivity index is 2.76. The lowest BCUT2D eigenvalue weighted by molar-refractivity contribution is 0.578. The molecular weight excluding hydrogens is 269 g/mol. The molecule has 9 heteroatoms. The summed E-state index contributed by atoms with van der Waals surface area (Å²) < 4.78 is 6.40. The second kappa shape index (κ2) is 4.28. The van der Waals surface area contributed by atoms with Gasteiger partial charge >= 0.3 is 0 Å². The topological polar surface area (TPSA) is 9.72 Å². The van der Waals surface area contributed by atoms with Gasteiger partial charge in [-0.05, 0) is 21.1 Å². The van der Waals surface area contributed by atoms with Crippen LogP contribution < -0.4 is 0 Å². The van der Waals surface area contributed by atoms with Crippen LogP contribution in [0.5, 0.6) is 0 Å². The Kier molecular flexibility index (Phi) is 4.09. The minimum Gasteiger partial charge on any atom is -0.305 e. The zero-order chi connectivity index (χ0) is 9.46. The molecule has 1 aliphatic rings. The molecule has 0 aliphatic carbocycles. The van der Waals surface area contributed by atoms with Crippen molar-refractivity contribution >= 4 is 58.5 Å². The van der Waals surface area contributed by atoms with Crippen LogP contribution in [0.3, 0.4) is 0 Å². The van der Waals surface area contributed by atoms with Crippen molar-refractivity contribution in [2.45, 2.75) is 0 Å². The lowest BCUT2D eigenvalue weighted by atomic mass is 11.6. The fourth-order valence-corrected chi connectivity index (χ4v) is 17.8. The van der Waals surface area contributed by atoms with E-state index >= 15 is 0 Å². The van der Waals surface area contributed by atoms with Crippen molar-refractivity contribution in [2.24, 2.45) is 0 Å². The van der Waals surface area contributed by atoms with Gasteiger partial charge in [0.25, 0.3) is 25.3 Å². The summed E-state index contributed by atoms with van der Waals surface area (Å²) in [6, 6.07) is 0. The van der Waals surface area contributed by atoms with Crippen LogP contribution in [0.2, 0.25) is 0 Å². The van der Waals surface area contributed by atoms with Crippen molar-refractivity contribution in [3.63, 3.8) is 0 Å². The summed E-state index contributed by atoms with van der Waals surface area (Å²) >= 11 is 18.7. The van der Waals surface area contributed by atoms with E-state index in [0.717, 1.165) is 0 Å². The fraction of sp³-hybridized carbons (Fsp3) is 1.00. The maximum absolute atomic E-state index is 6.24. The minimum absolute atomic E-state index is 1.48. The summed E-state index contributed by atoms with van der Waals surface area (Å²) in [7, 11) is 1.55. The number of halogens is 3. The normalized spacial score (nSPS) is 42.0. The zero-order valence-electron chi connectivity index (χ0n) is 7.21. The third-order valence-electron chi connectivity index (χ3n) is 2.02. The number of hydrogen-bond acceptors (Lipinski definition) is 3. The molecular formula is C3H12Cl3N3Si3. The summed E-state index contributed by atoms with van der Waals surface area (Å²) in [6.07, 6.45) is 0. The summed E-state index contributed by atoms with van der Waals surface area (Å²) in [5, 5.41) is 0. The molecule has 72 valence electrons. The molecule has 1 saturated heterocycles. The monoisotopic (exact) mass is 279 g/mol. The standard InChI is InChI=1S/C3H12Cl3N3Si3/c1-7-10(4)8(2)12(6)9(3)11(7)5/h10-12H,1-3H3. The zero-order valence-corrected chi connectivity index (χ0v) is 12.9. The number of rotatable bonds is 0. The van der Waals surface area contributed by atoms with Crippen molar-refractivity contribution < 1.29 is 0 Å². The molecule has 0 saturated carbocycles. The molecule has 0 radical (unpaired) electrons. The Labute approximate surface area is 92.2 Å². The molecule has 1 heterocycles. The molecule has 1 rings (SSSR count). The van der Waals surface area contributed by atoms with Gasteiger partial charge in [-0.15, -0.1) is 33.2 Å². The van der Waals surface area contributed by atoms with E-state index in [1.54, 1.807) is 0 Å². The third kappa shape index (κ3) is 1.91. The lowest BCUT2D eigenvalue weighted by Crippen LogP contribution is -2.70. The van der Waals surface area contributed by atoms with Crippen LogP contribution in [0.4, 0.5) is 0 Å². The molecule has 0 bridgehead atoms. The van der Waals surface area contributed by atoms with Crippen molar-refractivity contribution in [1.29, 1.82) is 0 Å². The predicted molar refractivity (Wildman–Crippen MR) is 62.3 cm³/mol. The van der Waals surface area contributed by atoms with Gasteiger partial charge in [0, 0.05) is 0 Å². The van der Waals surface area contributed by atoms with Crippen molar-refractivity contribution in [1.82, 2.24) is 12.7 Å². The van der Waals surface area contributed by atoms with Gasteiger partial charge in [0.2, 0.25) is 0 Å². The Bertz CT molecular complexity index is 116. The highest BCUT2D eigenvalue weighted by molar-refractivity contribution is 7.25. The van der Waals surface area contributed by atoms with E-state index in [2.05, 4.69) is 12.7 Å². The van der Waals surface area contributed by atoms with Crippen molar-refractivity contribution in [3.8, 4) is 0 Å². The number of nitrogens with zero attached hydrogens (tertiary/aromatic N) is 3. The largest absolute Gasteiger partial charge is 0.305 e. The van der Waals surface area contributed by atoms with E-state index in [1.165, 1.54) is 0 Å². The van der Waals surface area contributed by atoms with E-state index in [1.807, 2.05) is 21.1 Å². The number of hydrogen-bond donors (Lipinski definition) is 0. The van der Waals surface area contributed by atoms with Crippen LogP contribution in [0.25, 0.3) is 0 Å². The molecule has 0 aromatic rings. The molecule has 3 nitrogen and oxygen atoms in total. The van der Waals surface area contributed by atoms with Gasteiger partial charge in [-0.3, -0.25) is 0 Å². The first-order valence-corrected chi connectivity index (χ1v) is 11.9. The molecule has 12 heavy (non-hydrogen) atoms. The van der Waals surface area contributed by atoms with Crippen LogP contribution >= 0.6 is 33.2 Å². The second-order valence-corrected chi connectivity index (χ2v) is 15.0. The first-order chi connectivity index (χ1) is 5.46. The van der Waals surface area contributed by atoms with E-state index in [0.29, 0.717) is 0 Å². The minimum atomic E-state index is -1.48. The predicted octanol–water partition coefficient (Wildman–Crippen LogP) is -0.337. The molecule has 0 atom stereocenters.